The second-order valence-corrected chi connectivity index (χ2v) is 9.33. The third kappa shape index (κ3) is 6.56. The lowest BCUT2D eigenvalue weighted by Crippen LogP contribution is -2.34. The summed E-state index contributed by atoms with van der Waals surface area (Å²) in [6.07, 6.45) is 2.23. The zero-order valence-corrected chi connectivity index (χ0v) is 15.2. The van der Waals surface area contributed by atoms with Gasteiger partial charge >= 0.3 is 8.56 Å². The van der Waals surface area contributed by atoms with E-state index in [1.54, 1.807) is 0 Å². The van der Waals surface area contributed by atoms with Crippen LogP contribution in [0.25, 0.3) is 0 Å². The number of ether oxygens (including phenoxy) is 1. The summed E-state index contributed by atoms with van der Waals surface area (Å²) in [5.74, 6) is 1.67. The van der Waals surface area contributed by atoms with Gasteiger partial charge in [-0.05, 0) is 49.3 Å². The van der Waals surface area contributed by atoms with Gasteiger partial charge in [0.25, 0.3) is 0 Å². The Morgan fingerprint density at radius 3 is 2.13 bits per heavy atom. The normalized spacial score (nSPS) is 11.4. The molecule has 0 amide bonds. The van der Waals surface area contributed by atoms with Gasteiger partial charge in [-0.1, -0.05) is 43.7 Å². The van der Waals surface area contributed by atoms with Gasteiger partial charge in [0.05, 0.1) is 6.61 Å². The maximum atomic E-state index is 6.00. The lowest BCUT2D eigenvalue weighted by atomic mass is 10.2. The summed E-state index contributed by atoms with van der Waals surface area (Å²) < 4.78 is 17.7. The van der Waals surface area contributed by atoms with Gasteiger partial charge in [0.2, 0.25) is 0 Å². The number of unbranched alkanes of at least 4 members (excludes halogenated alkanes) is 1. The van der Waals surface area contributed by atoms with Crippen molar-refractivity contribution < 1.29 is 13.6 Å². The minimum absolute atomic E-state index is 0.580. The molecule has 0 N–H and O–H groups in total. The molecular weight excluding hydrogens is 304 g/mol. The predicted octanol–water partition coefficient (Wildman–Crippen LogP) is 5.51. The van der Waals surface area contributed by atoms with E-state index < -0.39 is 8.56 Å². The SMILES string of the molecule is CCCCO[Si](C)(C)OCc1ccc(Oc2ccccc2)cc1. The van der Waals surface area contributed by atoms with E-state index in [0.717, 1.165) is 36.5 Å². The molecule has 0 atom stereocenters. The first-order valence-corrected chi connectivity index (χ1v) is 11.0. The highest BCUT2D eigenvalue weighted by Gasteiger charge is 2.24. The fraction of sp³-hybridized carbons (Fsp3) is 0.368. The molecule has 0 fully saturated rings. The molecule has 0 aromatic heterocycles. The first-order valence-electron chi connectivity index (χ1n) is 8.19. The van der Waals surface area contributed by atoms with Crippen LogP contribution in [0, 0.1) is 0 Å². The predicted molar refractivity (Wildman–Crippen MR) is 96.1 cm³/mol. The molecule has 4 heteroatoms. The van der Waals surface area contributed by atoms with Crippen LogP contribution in [-0.4, -0.2) is 15.2 Å². The monoisotopic (exact) mass is 330 g/mol. The molecule has 0 aliphatic rings. The van der Waals surface area contributed by atoms with Crippen LogP contribution in [0.5, 0.6) is 11.5 Å². The second-order valence-electron chi connectivity index (χ2n) is 5.95. The van der Waals surface area contributed by atoms with E-state index in [9.17, 15) is 0 Å². The van der Waals surface area contributed by atoms with Crippen LogP contribution in [0.2, 0.25) is 13.1 Å². The molecular formula is C19H26O3Si. The van der Waals surface area contributed by atoms with E-state index in [1.165, 1.54) is 0 Å². The van der Waals surface area contributed by atoms with Crippen molar-refractivity contribution >= 4 is 8.56 Å². The van der Waals surface area contributed by atoms with Crippen LogP contribution in [-0.2, 0) is 15.5 Å². The van der Waals surface area contributed by atoms with Crippen LogP contribution in [0.3, 0.4) is 0 Å². The zero-order chi connectivity index (χ0) is 16.5. The van der Waals surface area contributed by atoms with Crippen molar-refractivity contribution in [1.82, 2.24) is 0 Å². The van der Waals surface area contributed by atoms with E-state index >= 15 is 0 Å². The molecule has 0 heterocycles. The number of rotatable bonds is 9. The molecule has 0 spiro atoms. The van der Waals surface area contributed by atoms with Gasteiger partial charge < -0.3 is 13.6 Å². The fourth-order valence-electron chi connectivity index (χ4n) is 2.04. The largest absolute Gasteiger partial charge is 0.457 e. The van der Waals surface area contributed by atoms with Crippen molar-refractivity contribution in [2.45, 2.75) is 39.5 Å². The average Bonchev–Trinajstić information content (AvgIpc) is 2.55. The molecule has 0 unspecified atom stereocenters. The number of hydrogen-bond acceptors (Lipinski definition) is 3. The number of hydrogen-bond donors (Lipinski definition) is 0. The zero-order valence-electron chi connectivity index (χ0n) is 14.2. The molecule has 0 saturated carbocycles. The van der Waals surface area contributed by atoms with E-state index in [0.29, 0.717) is 6.61 Å². The number of benzene rings is 2. The van der Waals surface area contributed by atoms with E-state index in [-0.39, 0.29) is 0 Å². The van der Waals surface area contributed by atoms with Crippen molar-refractivity contribution in [2.75, 3.05) is 6.61 Å². The third-order valence-corrected chi connectivity index (χ3v) is 5.18. The Kier molecular flexibility index (Phi) is 6.83. The van der Waals surface area contributed by atoms with Gasteiger partial charge in [0.1, 0.15) is 11.5 Å². The first kappa shape index (κ1) is 17.7. The Morgan fingerprint density at radius 1 is 0.826 bits per heavy atom. The summed E-state index contributed by atoms with van der Waals surface area (Å²) in [6, 6.07) is 17.8. The van der Waals surface area contributed by atoms with Crippen LogP contribution >= 0.6 is 0 Å². The van der Waals surface area contributed by atoms with Gasteiger partial charge in [-0.3, -0.25) is 0 Å². The molecule has 3 nitrogen and oxygen atoms in total. The van der Waals surface area contributed by atoms with E-state index in [1.807, 2.05) is 54.6 Å². The molecule has 2 aromatic carbocycles. The lowest BCUT2D eigenvalue weighted by Gasteiger charge is -2.22. The summed E-state index contributed by atoms with van der Waals surface area (Å²) >= 11 is 0. The Labute approximate surface area is 140 Å². The molecule has 23 heavy (non-hydrogen) atoms. The van der Waals surface area contributed by atoms with Gasteiger partial charge in [-0.15, -0.1) is 0 Å². The molecule has 0 bridgehead atoms. The second kappa shape index (κ2) is 8.87. The van der Waals surface area contributed by atoms with E-state index in [4.69, 9.17) is 13.6 Å². The summed E-state index contributed by atoms with van der Waals surface area (Å²) in [6.45, 7) is 7.72. The summed E-state index contributed by atoms with van der Waals surface area (Å²) in [4.78, 5) is 0. The quantitative estimate of drug-likeness (QED) is 0.448. The maximum absolute atomic E-state index is 6.00. The third-order valence-electron chi connectivity index (χ3n) is 3.44. The van der Waals surface area contributed by atoms with Gasteiger partial charge in [-0.2, -0.15) is 0 Å². The van der Waals surface area contributed by atoms with Crippen molar-refractivity contribution in [3.8, 4) is 11.5 Å². The maximum Gasteiger partial charge on any atom is 0.332 e. The molecule has 0 saturated heterocycles. The topological polar surface area (TPSA) is 27.7 Å². The van der Waals surface area contributed by atoms with Gasteiger partial charge in [-0.25, -0.2) is 0 Å². The van der Waals surface area contributed by atoms with Crippen LogP contribution in [0.4, 0.5) is 0 Å². The minimum Gasteiger partial charge on any atom is -0.457 e. The molecule has 0 aliphatic heterocycles. The highest BCUT2D eigenvalue weighted by Crippen LogP contribution is 2.22. The smallest absolute Gasteiger partial charge is 0.332 e. The summed E-state index contributed by atoms with van der Waals surface area (Å²) in [7, 11) is -2.03. The fourth-order valence-corrected chi connectivity index (χ4v) is 3.27. The molecule has 124 valence electrons. The van der Waals surface area contributed by atoms with Crippen molar-refractivity contribution in [3.63, 3.8) is 0 Å². The Bertz CT molecular complexity index is 567. The van der Waals surface area contributed by atoms with Gasteiger partial charge in [0.15, 0.2) is 0 Å². The summed E-state index contributed by atoms with van der Waals surface area (Å²) in [5, 5.41) is 0. The number of para-hydroxylation sites is 1. The summed E-state index contributed by atoms with van der Waals surface area (Å²) in [5.41, 5.74) is 1.13. The van der Waals surface area contributed by atoms with Crippen LogP contribution < -0.4 is 4.74 Å². The first-order chi connectivity index (χ1) is 11.1. The molecule has 0 radical (unpaired) electrons. The van der Waals surface area contributed by atoms with Crippen molar-refractivity contribution in [2.24, 2.45) is 0 Å². The standard InChI is InChI=1S/C19H26O3Si/c1-4-5-15-20-23(2,3)21-16-17-11-13-19(14-12-17)22-18-9-7-6-8-10-18/h6-14H,4-5,15-16H2,1-3H3. The minimum atomic E-state index is -2.03. The molecule has 2 aromatic rings. The van der Waals surface area contributed by atoms with E-state index in [2.05, 4.69) is 20.0 Å². The highest BCUT2D eigenvalue weighted by molar-refractivity contribution is 6.64. The van der Waals surface area contributed by atoms with Crippen LogP contribution in [0.15, 0.2) is 54.6 Å². The Morgan fingerprint density at radius 2 is 1.48 bits per heavy atom. The molecule has 2 rings (SSSR count). The Balaban J connectivity index is 1.83. The van der Waals surface area contributed by atoms with Gasteiger partial charge in [0, 0.05) is 6.61 Å². The molecule has 0 aliphatic carbocycles. The van der Waals surface area contributed by atoms with Crippen molar-refractivity contribution in [1.29, 1.82) is 0 Å². The van der Waals surface area contributed by atoms with Crippen molar-refractivity contribution in [3.05, 3.63) is 60.2 Å². The van der Waals surface area contributed by atoms with Crippen LogP contribution in [0.1, 0.15) is 25.3 Å². The average molecular weight is 330 g/mol. The highest BCUT2D eigenvalue weighted by atomic mass is 28.4. The Hall–Kier alpha value is -1.62. The lowest BCUT2D eigenvalue weighted by molar-refractivity contribution is 0.169.